The Morgan fingerprint density at radius 2 is 2.06 bits per heavy atom. The van der Waals surface area contributed by atoms with Gasteiger partial charge in [0.1, 0.15) is 5.75 Å². The second-order valence-electron chi connectivity index (χ2n) is 3.44. The summed E-state index contributed by atoms with van der Waals surface area (Å²) in [5.74, 6) is -0.00957. The lowest BCUT2D eigenvalue weighted by molar-refractivity contribution is -0.143. The fourth-order valence-corrected chi connectivity index (χ4v) is 1.48. The molecule has 4 heteroatoms. The number of nitrogens with one attached hydrogen (secondary N) is 1. The zero-order valence-corrected chi connectivity index (χ0v) is 9.56. The molecule has 1 aromatic carbocycles. The molecule has 1 aromatic rings. The number of phenolic OH excluding ortho intramolecular Hbond substituents is 1. The van der Waals surface area contributed by atoms with Crippen LogP contribution in [0.25, 0.3) is 0 Å². The lowest BCUT2D eigenvalue weighted by Gasteiger charge is -2.15. The van der Waals surface area contributed by atoms with E-state index >= 15 is 0 Å². The van der Waals surface area contributed by atoms with Crippen molar-refractivity contribution in [3.63, 3.8) is 0 Å². The average molecular weight is 223 g/mol. The highest BCUT2D eigenvalue weighted by Crippen LogP contribution is 2.19. The van der Waals surface area contributed by atoms with E-state index in [0.717, 1.165) is 5.56 Å². The van der Waals surface area contributed by atoms with Crippen molar-refractivity contribution < 1.29 is 14.6 Å². The molecule has 2 N–H and O–H groups in total. The van der Waals surface area contributed by atoms with Crippen molar-refractivity contribution in [2.24, 2.45) is 0 Å². The molecule has 88 valence electrons. The third-order valence-corrected chi connectivity index (χ3v) is 2.32. The van der Waals surface area contributed by atoms with Crippen LogP contribution in [-0.4, -0.2) is 24.7 Å². The number of aromatic hydroxyl groups is 1. The minimum Gasteiger partial charge on any atom is -0.508 e. The van der Waals surface area contributed by atoms with E-state index in [-0.39, 0.29) is 24.2 Å². The Morgan fingerprint density at radius 1 is 1.44 bits per heavy atom. The van der Waals surface area contributed by atoms with Crippen LogP contribution in [0.1, 0.15) is 24.9 Å². The first-order valence-electron chi connectivity index (χ1n) is 5.29. The number of esters is 1. The minimum absolute atomic E-state index is 0.0837. The Labute approximate surface area is 95.2 Å². The molecule has 0 spiro atoms. The van der Waals surface area contributed by atoms with Crippen molar-refractivity contribution >= 4 is 5.97 Å². The van der Waals surface area contributed by atoms with Crippen molar-refractivity contribution in [3.8, 4) is 5.75 Å². The summed E-state index contributed by atoms with van der Waals surface area (Å²) in [5, 5.41) is 12.2. The van der Waals surface area contributed by atoms with Gasteiger partial charge in [-0.3, -0.25) is 4.79 Å². The SMILES string of the molecule is CCOC(=O)CC(NC)c1ccc(O)cc1. The predicted octanol–water partition coefficient (Wildman–Crippen LogP) is 1.61. The Bertz CT molecular complexity index is 335. The molecule has 1 atom stereocenters. The highest BCUT2D eigenvalue weighted by molar-refractivity contribution is 5.70. The third-order valence-electron chi connectivity index (χ3n) is 2.32. The first-order valence-corrected chi connectivity index (χ1v) is 5.29. The molecule has 1 unspecified atom stereocenters. The molecule has 0 radical (unpaired) electrons. The number of phenols is 1. The summed E-state index contributed by atoms with van der Waals surface area (Å²) in [5.41, 5.74) is 0.952. The molecule has 0 saturated carbocycles. The highest BCUT2D eigenvalue weighted by Gasteiger charge is 2.14. The molecule has 0 bridgehead atoms. The van der Waals surface area contributed by atoms with Crippen LogP contribution in [0.2, 0.25) is 0 Å². The monoisotopic (exact) mass is 223 g/mol. The number of rotatable bonds is 5. The Hall–Kier alpha value is -1.55. The van der Waals surface area contributed by atoms with Crippen LogP contribution >= 0.6 is 0 Å². The van der Waals surface area contributed by atoms with Gasteiger partial charge in [0.2, 0.25) is 0 Å². The van der Waals surface area contributed by atoms with E-state index in [1.807, 2.05) is 0 Å². The van der Waals surface area contributed by atoms with Crippen molar-refractivity contribution in [2.75, 3.05) is 13.7 Å². The molecular weight excluding hydrogens is 206 g/mol. The van der Waals surface area contributed by atoms with Crippen LogP contribution in [0.5, 0.6) is 5.75 Å². The fourth-order valence-electron chi connectivity index (χ4n) is 1.48. The first-order chi connectivity index (χ1) is 7.67. The number of benzene rings is 1. The highest BCUT2D eigenvalue weighted by atomic mass is 16.5. The van der Waals surface area contributed by atoms with Crippen LogP contribution in [-0.2, 0) is 9.53 Å². The van der Waals surface area contributed by atoms with Crippen LogP contribution in [0.15, 0.2) is 24.3 Å². The summed E-state index contributed by atoms with van der Waals surface area (Å²) in [6.07, 6.45) is 0.287. The second kappa shape index (κ2) is 6.12. The van der Waals surface area contributed by atoms with Crippen LogP contribution in [0.3, 0.4) is 0 Å². The molecule has 1 rings (SSSR count). The largest absolute Gasteiger partial charge is 0.508 e. The van der Waals surface area contributed by atoms with Gasteiger partial charge in [0.05, 0.1) is 13.0 Å². The predicted molar refractivity (Wildman–Crippen MR) is 61.2 cm³/mol. The van der Waals surface area contributed by atoms with Crippen LogP contribution in [0.4, 0.5) is 0 Å². The molecule has 0 heterocycles. The third kappa shape index (κ3) is 3.55. The molecule has 0 fully saturated rings. The summed E-state index contributed by atoms with van der Waals surface area (Å²) in [6, 6.07) is 6.70. The molecule has 0 aromatic heterocycles. The molecule has 0 aliphatic carbocycles. The number of carbonyl (C=O) groups excluding carboxylic acids is 1. The molecule has 16 heavy (non-hydrogen) atoms. The summed E-state index contributed by atoms with van der Waals surface area (Å²) in [4.78, 5) is 11.3. The van der Waals surface area contributed by atoms with Crippen molar-refractivity contribution in [2.45, 2.75) is 19.4 Å². The number of hydrogen-bond acceptors (Lipinski definition) is 4. The van der Waals surface area contributed by atoms with E-state index in [1.165, 1.54) is 0 Å². The van der Waals surface area contributed by atoms with Gasteiger partial charge in [-0.05, 0) is 31.7 Å². The van der Waals surface area contributed by atoms with Gasteiger partial charge in [-0.2, -0.15) is 0 Å². The van der Waals surface area contributed by atoms with E-state index in [9.17, 15) is 4.79 Å². The number of carbonyl (C=O) groups is 1. The van der Waals surface area contributed by atoms with Gasteiger partial charge in [-0.25, -0.2) is 0 Å². The van der Waals surface area contributed by atoms with Gasteiger partial charge in [0.15, 0.2) is 0 Å². The topological polar surface area (TPSA) is 58.6 Å². The smallest absolute Gasteiger partial charge is 0.307 e. The standard InChI is InChI=1S/C12H17NO3/c1-3-16-12(15)8-11(13-2)9-4-6-10(14)7-5-9/h4-7,11,13-14H,3,8H2,1-2H3. The quantitative estimate of drug-likeness (QED) is 0.744. The molecule has 0 amide bonds. The van der Waals surface area contributed by atoms with Gasteiger partial charge in [-0.15, -0.1) is 0 Å². The first kappa shape index (κ1) is 12.5. The number of ether oxygens (including phenoxy) is 1. The van der Waals surface area contributed by atoms with E-state index in [0.29, 0.717) is 6.61 Å². The lowest BCUT2D eigenvalue weighted by atomic mass is 10.0. The molecule has 4 nitrogen and oxygen atoms in total. The van der Waals surface area contributed by atoms with Crippen molar-refractivity contribution in [1.82, 2.24) is 5.32 Å². The second-order valence-corrected chi connectivity index (χ2v) is 3.44. The summed E-state index contributed by atoms with van der Waals surface area (Å²) in [6.45, 7) is 2.18. The average Bonchev–Trinajstić information content (AvgIpc) is 2.27. The maximum Gasteiger partial charge on any atom is 0.307 e. The molecule has 0 saturated heterocycles. The van der Waals surface area contributed by atoms with E-state index in [4.69, 9.17) is 9.84 Å². The van der Waals surface area contributed by atoms with E-state index in [2.05, 4.69) is 5.32 Å². The fraction of sp³-hybridized carbons (Fsp3) is 0.417. The number of hydrogen-bond donors (Lipinski definition) is 2. The van der Waals surface area contributed by atoms with Gasteiger partial charge in [-0.1, -0.05) is 12.1 Å². The minimum atomic E-state index is -0.227. The molecular formula is C12H17NO3. The Morgan fingerprint density at radius 3 is 2.56 bits per heavy atom. The zero-order valence-electron chi connectivity index (χ0n) is 9.56. The van der Waals surface area contributed by atoms with Crippen LogP contribution < -0.4 is 5.32 Å². The van der Waals surface area contributed by atoms with E-state index < -0.39 is 0 Å². The molecule has 0 aliphatic rings. The van der Waals surface area contributed by atoms with Gasteiger partial charge >= 0.3 is 5.97 Å². The van der Waals surface area contributed by atoms with Gasteiger partial charge in [0.25, 0.3) is 0 Å². The van der Waals surface area contributed by atoms with E-state index in [1.54, 1.807) is 38.2 Å². The van der Waals surface area contributed by atoms with Crippen molar-refractivity contribution in [1.29, 1.82) is 0 Å². The normalized spacial score (nSPS) is 12.1. The maximum absolute atomic E-state index is 11.3. The Balaban J connectivity index is 2.67. The summed E-state index contributed by atoms with van der Waals surface area (Å²) < 4.78 is 4.89. The molecule has 0 aliphatic heterocycles. The maximum atomic E-state index is 11.3. The van der Waals surface area contributed by atoms with Crippen molar-refractivity contribution in [3.05, 3.63) is 29.8 Å². The van der Waals surface area contributed by atoms with Crippen LogP contribution in [0, 0.1) is 0 Å². The summed E-state index contributed by atoms with van der Waals surface area (Å²) >= 11 is 0. The lowest BCUT2D eigenvalue weighted by Crippen LogP contribution is -2.21. The zero-order chi connectivity index (χ0) is 12.0. The van der Waals surface area contributed by atoms with Gasteiger partial charge in [0, 0.05) is 6.04 Å². The summed E-state index contributed by atoms with van der Waals surface area (Å²) in [7, 11) is 1.79. The Kier molecular flexibility index (Phi) is 4.79. The van der Waals surface area contributed by atoms with Gasteiger partial charge < -0.3 is 15.2 Å².